The summed E-state index contributed by atoms with van der Waals surface area (Å²) in [6.07, 6.45) is 0.678. The Morgan fingerprint density at radius 2 is 1.72 bits per heavy atom. The van der Waals surface area contributed by atoms with Gasteiger partial charge in [-0.15, -0.1) is 0 Å². The highest BCUT2D eigenvalue weighted by molar-refractivity contribution is 7.90. The minimum Gasteiger partial charge on any atom is -0.489 e. The minimum atomic E-state index is -4.04. The number of amides is 1. The summed E-state index contributed by atoms with van der Waals surface area (Å²) in [4.78, 5) is 12.3. The van der Waals surface area contributed by atoms with Gasteiger partial charge in [0.25, 0.3) is 15.9 Å². The summed E-state index contributed by atoms with van der Waals surface area (Å²) in [5, 5.41) is 0.563. The molecule has 0 radical (unpaired) electrons. The van der Waals surface area contributed by atoms with Crippen LogP contribution in [0.15, 0.2) is 41.3 Å². The van der Waals surface area contributed by atoms with E-state index in [1.54, 1.807) is 0 Å². The number of nitrogens with one attached hydrogen (secondary N) is 1. The van der Waals surface area contributed by atoms with E-state index in [0.717, 1.165) is 0 Å². The van der Waals surface area contributed by atoms with Crippen LogP contribution in [0.5, 0.6) is 11.5 Å². The molecule has 0 bridgehead atoms. The Morgan fingerprint density at radius 1 is 1.04 bits per heavy atom. The van der Waals surface area contributed by atoms with E-state index in [1.807, 2.05) is 4.72 Å². The summed E-state index contributed by atoms with van der Waals surface area (Å²) < 4.78 is 37.5. The van der Waals surface area contributed by atoms with Crippen molar-refractivity contribution < 1.29 is 22.7 Å². The summed E-state index contributed by atoms with van der Waals surface area (Å²) in [5.41, 5.74) is 0.0480. The molecular weight excluding hydrogens is 389 g/mol. The number of halogens is 2. The van der Waals surface area contributed by atoms with Crippen molar-refractivity contribution in [2.45, 2.75) is 11.3 Å². The number of carbonyl (C=O) groups is 1. The highest BCUT2D eigenvalue weighted by atomic mass is 35.5. The average Bonchev–Trinajstić information content (AvgIpc) is 2.80. The van der Waals surface area contributed by atoms with Crippen molar-refractivity contribution in [3.05, 3.63) is 52.0 Å². The second-order valence-corrected chi connectivity index (χ2v) is 7.75. The van der Waals surface area contributed by atoms with E-state index in [9.17, 15) is 13.2 Å². The van der Waals surface area contributed by atoms with Gasteiger partial charge in [-0.2, -0.15) is 0 Å². The Bertz CT molecular complexity index is 913. The fourth-order valence-electron chi connectivity index (χ4n) is 2.22. The minimum absolute atomic E-state index is 0.0480. The zero-order chi connectivity index (χ0) is 18.0. The predicted octanol–water partition coefficient (Wildman–Crippen LogP) is 3.27. The van der Waals surface area contributed by atoms with Crippen LogP contribution in [-0.4, -0.2) is 27.5 Å². The van der Waals surface area contributed by atoms with Crippen LogP contribution in [0.25, 0.3) is 0 Å². The van der Waals surface area contributed by atoms with Crippen LogP contribution in [0.3, 0.4) is 0 Å². The zero-order valence-electron chi connectivity index (χ0n) is 12.8. The number of carbonyl (C=O) groups excluding carboxylic acids is 1. The molecule has 0 saturated heterocycles. The van der Waals surface area contributed by atoms with Crippen molar-refractivity contribution in [2.24, 2.45) is 0 Å². The van der Waals surface area contributed by atoms with Crippen molar-refractivity contribution in [3.63, 3.8) is 0 Å². The first-order valence-electron chi connectivity index (χ1n) is 7.29. The second-order valence-electron chi connectivity index (χ2n) is 5.22. The van der Waals surface area contributed by atoms with Gasteiger partial charge in [0.15, 0.2) is 11.5 Å². The number of hydrogen-bond acceptors (Lipinski definition) is 5. The average molecular weight is 402 g/mol. The Hall–Kier alpha value is -1.96. The largest absolute Gasteiger partial charge is 0.489 e. The molecule has 0 spiro atoms. The first-order chi connectivity index (χ1) is 11.9. The first kappa shape index (κ1) is 17.8. The smallest absolute Gasteiger partial charge is 0.265 e. The van der Waals surface area contributed by atoms with Crippen molar-refractivity contribution in [2.75, 3.05) is 13.2 Å². The standard InChI is InChI=1S/C16H13Cl2NO5S/c17-11-2-4-12(5-3-11)25(21,22)19-16(20)10-8-13(18)15-14(9-10)23-6-1-7-24-15/h2-5,8-9H,1,6-7H2,(H,19,20). The third-order valence-electron chi connectivity index (χ3n) is 3.42. The molecule has 2 aromatic rings. The zero-order valence-corrected chi connectivity index (χ0v) is 15.1. The summed E-state index contributed by atoms with van der Waals surface area (Å²) in [6, 6.07) is 8.19. The Morgan fingerprint density at radius 3 is 2.44 bits per heavy atom. The van der Waals surface area contributed by atoms with E-state index in [0.29, 0.717) is 36.2 Å². The molecule has 25 heavy (non-hydrogen) atoms. The molecule has 3 rings (SSSR count). The lowest BCUT2D eigenvalue weighted by atomic mass is 10.2. The molecule has 0 fully saturated rings. The summed E-state index contributed by atoms with van der Waals surface area (Å²) in [6.45, 7) is 0.862. The van der Waals surface area contributed by atoms with Gasteiger partial charge < -0.3 is 9.47 Å². The fraction of sp³-hybridized carbons (Fsp3) is 0.188. The van der Waals surface area contributed by atoms with Crippen LogP contribution >= 0.6 is 23.2 Å². The van der Waals surface area contributed by atoms with Gasteiger partial charge in [0, 0.05) is 17.0 Å². The number of benzene rings is 2. The SMILES string of the molecule is O=C(NS(=O)(=O)c1ccc(Cl)cc1)c1cc(Cl)c2c(c1)OCCCO2. The van der Waals surface area contributed by atoms with Crippen molar-refractivity contribution >= 4 is 39.1 Å². The number of fused-ring (bicyclic) bond motifs is 1. The molecule has 6 nitrogen and oxygen atoms in total. The molecule has 0 unspecified atom stereocenters. The lowest BCUT2D eigenvalue weighted by Gasteiger charge is -2.12. The van der Waals surface area contributed by atoms with Gasteiger partial charge in [-0.05, 0) is 36.4 Å². The summed E-state index contributed by atoms with van der Waals surface area (Å²) in [7, 11) is -4.04. The number of rotatable bonds is 3. The maximum atomic E-state index is 12.4. The van der Waals surface area contributed by atoms with E-state index in [1.165, 1.54) is 36.4 Å². The quantitative estimate of drug-likeness (QED) is 0.852. The third kappa shape index (κ3) is 4.00. The third-order valence-corrected chi connectivity index (χ3v) is 5.29. The highest BCUT2D eigenvalue weighted by Crippen LogP contribution is 2.38. The van der Waals surface area contributed by atoms with Gasteiger partial charge in [0.1, 0.15) is 0 Å². The molecule has 132 valence electrons. The topological polar surface area (TPSA) is 81.7 Å². The van der Waals surface area contributed by atoms with Gasteiger partial charge >= 0.3 is 0 Å². The van der Waals surface area contributed by atoms with E-state index >= 15 is 0 Å². The Balaban J connectivity index is 1.87. The number of sulfonamides is 1. The van der Waals surface area contributed by atoms with Crippen molar-refractivity contribution in [3.8, 4) is 11.5 Å². The van der Waals surface area contributed by atoms with Crippen LogP contribution < -0.4 is 14.2 Å². The molecule has 0 atom stereocenters. The molecule has 2 aromatic carbocycles. The first-order valence-corrected chi connectivity index (χ1v) is 9.52. The molecule has 1 aliphatic heterocycles. The van der Waals surface area contributed by atoms with Crippen molar-refractivity contribution in [1.29, 1.82) is 0 Å². The van der Waals surface area contributed by atoms with E-state index in [4.69, 9.17) is 32.7 Å². The molecule has 1 amide bonds. The number of ether oxygens (including phenoxy) is 2. The molecule has 1 heterocycles. The molecule has 9 heteroatoms. The summed E-state index contributed by atoms with van der Waals surface area (Å²) in [5.74, 6) is -0.178. The van der Waals surface area contributed by atoms with E-state index < -0.39 is 15.9 Å². The van der Waals surface area contributed by atoms with E-state index in [-0.39, 0.29) is 15.5 Å². The molecule has 0 aromatic heterocycles. The number of hydrogen-bond donors (Lipinski definition) is 1. The molecule has 1 N–H and O–H groups in total. The van der Waals surface area contributed by atoms with Gasteiger partial charge in [-0.25, -0.2) is 13.1 Å². The van der Waals surface area contributed by atoms with Gasteiger partial charge in [0.05, 0.1) is 23.1 Å². The molecule has 0 saturated carbocycles. The van der Waals surface area contributed by atoms with Crippen molar-refractivity contribution in [1.82, 2.24) is 4.72 Å². The maximum Gasteiger partial charge on any atom is 0.265 e. The maximum absolute atomic E-state index is 12.4. The van der Waals surface area contributed by atoms with Gasteiger partial charge in [-0.1, -0.05) is 23.2 Å². The van der Waals surface area contributed by atoms with Crippen LogP contribution in [0.1, 0.15) is 16.8 Å². The molecule has 0 aliphatic carbocycles. The predicted molar refractivity (Wildman–Crippen MR) is 93.2 cm³/mol. The van der Waals surface area contributed by atoms with Crippen LogP contribution in [0, 0.1) is 0 Å². The van der Waals surface area contributed by atoms with Gasteiger partial charge in [0.2, 0.25) is 0 Å². The lowest BCUT2D eigenvalue weighted by molar-refractivity contribution is 0.0981. The fourth-order valence-corrected chi connectivity index (χ4v) is 3.58. The molecule has 1 aliphatic rings. The normalized spacial score (nSPS) is 13.8. The summed E-state index contributed by atoms with van der Waals surface area (Å²) >= 11 is 11.9. The van der Waals surface area contributed by atoms with Crippen LogP contribution in [-0.2, 0) is 10.0 Å². The lowest BCUT2D eigenvalue weighted by Crippen LogP contribution is -2.30. The van der Waals surface area contributed by atoms with Crippen LogP contribution in [0.4, 0.5) is 0 Å². The Kier molecular flexibility index (Phi) is 5.08. The highest BCUT2D eigenvalue weighted by Gasteiger charge is 2.22. The Labute approximate surface area is 154 Å². The van der Waals surface area contributed by atoms with E-state index in [2.05, 4.69) is 0 Å². The molecular formula is C16H13Cl2NO5S. The monoisotopic (exact) mass is 401 g/mol. The van der Waals surface area contributed by atoms with Gasteiger partial charge in [-0.3, -0.25) is 4.79 Å². The second kappa shape index (κ2) is 7.11. The van der Waals surface area contributed by atoms with Crippen LogP contribution in [0.2, 0.25) is 10.0 Å².